The maximum atomic E-state index is 12.8. The zero-order valence-electron chi connectivity index (χ0n) is 19.0. The van der Waals surface area contributed by atoms with Crippen LogP contribution in [-0.4, -0.2) is 37.0 Å². The van der Waals surface area contributed by atoms with E-state index >= 15 is 0 Å². The lowest BCUT2D eigenvalue weighted by Crippen LogP contribution is -2.50. The number of hydrogen-bond donors (Lipinski definition) is 0. The van der Waals surface area contributed by atoms with Gasteiger partial charge in [0.1, 0.15) is 0 Å². The van der Waals surface area contributed by atoms with Gasteiger partial charge in [0, 0.05) is 41.9 Å². The summed E-state index contributed by atoms with van der Waals surface area (Å²) in [5.41, 5.74) is 3.91. The molecular formula is C26H36N2OS. The van der Waals surface area contributed by atoms with Gasteiger partial charge in [-0.25, -0.2) is 0 Å². The number of rotatable bonds is 8. The maximum absolute atomic E-state index is 12.8. The summed E-state index contributed by atoms with van der Waals surface area (Å²) in [6.07, 6.45) is 4.61. The minimum absolute atomic E-state index is 0.149. The molecular weight excluding hydrogens is 388 g/mol. The minimum Gasteiger partial charge on any atom is -0.367 e. The molecule has 0 N–H and O–H groups in total. The average molecular weight is 425 g/mol. The highest BCUT2D eigenvalue weighted by atomic mass is 32.2. The van der Waals surface area contributed by atoms with Crippen LogP contribution in [-0.2, 0) is 4.79 Å². The van der Waals surface area contributed by atoms with Crippen LogP contribution in [0.1, 0.15) is 50.7 Å². The fourth-order valence-electron chi connectivity index (χ4n) is 4.14. The van der Waals surface area contributed by atoms with E-state index in [-0.39, 0.29) is 5.92 Å². The number of carbonyl (C=O) groups excluding carboxylic acids is 1. The molecule has 1 aliphatic rings. The maximum Gasteiger partial charge on any atom is 0.225 e. The van der Waals surface area contributed by atoms with Crippen LogP contribution in [0.4, 0.5) is 5.69 Å². The summed E-state index contributed by atoms with van der Waals surface area (Å²) >= 11 is 1.84. The third-order valence-corrected chi connectivity index (χ3v) is 7.25. The van der Waals surface area contributed by atoms with Crippen LogP contribution in [0, 0.1) is 19.8 Å². The Balaban J connectivity index is 1.63. The Labute approximate surface area is 186 Å². The van der Waals surface area contributed by atoms with Gasteiger partial charge >= 0.3 is 0 Å². The number of piperazine rings is 1. The highest BCUT2D eigenvalue weighted by Gasteiger charge is 2.25. The van der Waals surface area contributed by atoms with Crippen molar-refractivity contribution in [2.75, 3.05) is 31.1 Å². The van der Waals surface area contributed by atoms with E-state index in [1.165, 1.54) is 39.4 Å². The lowest BCUT2D eigenvalue weighted by Gasteiger charge is -2.38. The third-order valence-electron chi connectivity index (χ3n) is 6.01. The molecule has 0 bridgehead atoms. The molecule has 1 aliphatic heterocycles. The van der Waals surface area contributed by atoms with Gasteiger partial charge in [-0.05, 0) is 44.0 Å². The summed E-state index contributed by atoms with van der Waals surface area (Å²) < 4.78 is 0. The number of nitrogens with zero attached hydrogens (tertiary/aromatic N) is 2. The average Bonchev–Trinajstić information content (AvgIpc) is 2.76. The van der Waals surface area contributed by atoms with Gasteiger partial charge in [-0.3, -0.25) is 4.79 Å². The van der Waals surface area contributed by atoms with Gasteiger partial charge in [0.05, 0.1) is 5.69 Å². The minimum atomic E-state index is 0.149. The molecule has 1 amide bonds. The Morgan fingerprint density at radius 3 is 2.43 bits per heavy atom. The van der Waals surface area contributed by atoms with Gasteiger partial charge in [-0.2, -0.15) is 0 Å². The van der Waals surface area contributed by atoms with Gasteiger partial charge in [-0.1, -0.05) is 74.7 Å². The summed E-state index contributed by atoms with van der Waals surface area (Å²) in [7, 11) is 0. The molecule has 4 heteroatoms. The highest BCUT2D eigenvalue weighted by Crippen LogP contribution is 2.37. The Kier molecular flexibility index (Phi) is 8.26. The van der Waals surface area contributed by atoms with Crippen LogP contribution in [0.25, 0.3) is 0 Å². The Bertz CT molecular complexity index is 843. The Morgan fingerprint density at radius 2 is 1.73 bits per heavy atom. The number of benzene rings is 2. The third kappa shape index (κ3) is 5.81. The summed E-state index contributed by atoms with van der Waals surface area (Å²) in [5.74, 6) is 0.485. The molecule has 162 valence electrons. The molecule has 3 nitrogen and oxygen atoms in total. The van der Waals surface area contributed by atoms with E-state index in [2.05, 4.69) is 80.0 Å². The van der Waals surface area contributed by atoms with Crippen molar-refractivity contribution in [2.45, 2.75) is 63.2 Å². The van der Waals surface area contributed by atoms with Crippen molar-refractivity contribution in [3.8, 4) is 0 Å². The predicted molar refractivity (Wildman–Crippen MR) is 129 cm³/mol. The van der Waals surface area contributed by atoms with Crippen molar-refractivity contribution in [1.29, 1.82) is 0 Å². The molecule has 0 radical (unpaired) electrons. The second kappa shape index (κ2) is 10.9. The monoisotopic (exact) mass is 424 g/mol. The van der Waals surface area contributed by atoms with Crippen molar-refractivity contribution in [3.63, 3.8) is 0 Å². The smallest absolute Gasteiger partial charge is 0.225 e. The van der Waals surface area contributed by atoms with Gasteiger partial charge in [0.15, 0.2) is 0 Å². The van der Waals surface area contributed by atoms with Crippen LogP contribution in [0.3, 0.4) is 0 Å². The lowest BCUT2D eigenvalue weighted by molar-refractivity contribution is -0.135. The van der Waals surface area contributed by atoms with E-state index in [1.54, 1.807) is 0 Å². The van der Waals surface area contributed by atoms with Crippen molar-refractivity contribution in [2.24, 2.45) is 5.92 Å². The largest absolute Gasteiger partial charge is 0.367 e. The second-order valence-electron chi connectivity index (χ2n) is 8.55. The highest BCUT2D eigenvalue weighted by molar-refractivity contribution is 7.99. The molecule has 2 aromatic carbocycles. The van der Waals surface area contributed by atoms with Crippen molar-refractivity contribution in [1.82, 2.24) is 4.90 Å². The molecule has 1 saturated heterocycles. The van der Waals surface area contributed by atoms with Gasteiger partial charge in [0.2, 0.25) is 5.91 Å². The van der Waals surface area contributed by atoms with E-state index < -0.39 is 0 Å². The van der Waals surface area contributed by atoms with Crippen molar-refractivity contribution >= 4 is 23.4 Å². The first-order chi connectivity index (χ1) is 14.5. The standard InChI is InChI=1S/C26H36N2OS/c1-5-6-7-10-21(3)26(29)28-17-15-27(16-18-28)23-11-8-9-12-25(23)30-24-14-13-20(2)19-22(24)4/h8-9,11-14,19,21H,5-7,10,15-18H2,1-4H3. The van der Waals surface area contributed by atoms with Gasteiger partial charge in [-0.15, -0.1) is 0 Å². The molecule has 1 heterocycles. The fraction of sp³-hybridized carbons (Fsp3) is 0.500. The van der Waals surface area contributed by atoms with E-state index in [0.717, 1.165) is 39.0 Å². The second-order valence-corrected chi connectivity index (χ2v) is 9.63. The summed E-state index contributed by atoms with van der Waals surface area (Å²) in [6.45, 7) is 12.1. The molecule has 1 fully saturated rings. The Morgan fingerprint density at radius 1 is 1.00 bits per heavy atom. The number of amides is 1. The number of unbranched alkanes of at least 4 members (excludes halogenated alkanes) is 2. The lowest BCUT2D eigenvalue weighted by atomic mass is 10.0. The number of aryl methyl sites for hydroxylation is 2. The van der Waals surface area contributed by atoms with Gasteiger partial charge < -0.3 is 9.80 Å². The van der Waals surface area contributed by atoms with E-state index in [9.17, 15) is 4.79 Å². The summed E-state index contributed by atoms with van der Waals surface area (Å²) in [4.78, 5) is 19.9. The first kappa shape index (κ1) is 22.7. The summed E-state index contributed by atoms with van der Waals surface area (Å²) in [5, 5.41) is 0. The quantitative estimate of drug-likeness (QED) is 0.463. The molecule has 0 aliphatic carbocycles. The van der Waals surface area contributed by atoms with Crippen molar-refractivity contribution < 1.29 is 4.79 Å². The van der Waals surface area contributed by atoms with Crippen LogP contribution < -0.4 is 4.90 Å². The van der Waals surface area contributed by atoms with E-state index in [0.29, 0.717) is 5.91 Å². The zero-order valence-corrected chi connectivity index (χ0v) is 19.8. The molecule has 30 heavy (non-hydrogen) atoms. The number of carbonyl (C=O) groups is 1. The molecule has 1 unspecified atom stereocenters. The molecule has 3 rings (SSSR count). The van der Waals surface area contributed by atoms with Crippen LogP contribution in [0.2, 0.25) is 0 Å². The molecule has 0 spiro atoms. The van der Waals surface area contributed by atoms with Crippen molar-refractivity contribution in [3.05, 3.63) is 53.6 Å². The van der Waals surface area contributed by atoms with E-state index in [4.69, 9.17) is 0 Å². The van der Waals surface area contributed by atoms with Crippen LogP contribution in [0.15, 0.2) is 52.3 Å². The molecule has 2 aromatic rings. The number of hydrogen-bond acceptors (Lipinski definition) is 3. The SMILES string of the molecule is CCCCCC(C)C(=O)N1CCN(c2ccccc2Sc2ccc(C)cc2C)CC1. The van der Waals surface area contributed by atoms with E-state index in [1.807, 2.05) is 11.8 Å². The number of anilines is 1. The van der Waals surface area contributed by atoms with Gasteiger partial charge in [0.25, 0.3) is 0 Å². The zero-order chi connectivity index (χ0) is 21.5. The molecule has 0 aromatic heterocycles. The normalized spacial score (nSPS) is 15.3. The topological polar surface area (TPSA) is 23.6 Å². The first-order valence-electron chi connectivity index (χ1n) is 11.4. The van der Waals surface area contributed by atoms with Crippen LogP contribution >= 0.6 is 11.8 Å². The molecule has 1 atom stereocenters. The molecule has 0 saturated carbocycles. The first-order valence-corrected chi connectivity index (χ1v) is 12.2. The predicted octanol–water partition coefficient (Wildman–Crippen LogP) is 6.32. The Hall–Kier alpha value is -1.94. The fourth-order valence-corrected chi connectivity index (χ4v) is 5.18. The van der Waals surface area contributed by atoms with Crippen LogP contribution in [0.5, 0.6) is 0 Å². The summed E-state index contributed by atoms with van der Waals surface area (Å²) in [6, 6.07) is 15.3. The number of para-hydroxylation sites is 1.